The van der Waals surface area contributed by atoms with Gasteiger partial charge in [-0.15, -0.1) is 0 Å². The van der Waals surface area contributed by atoms with Crippen molar-refractivity contribution in [2.45, 2.75) is 38.3 Å². The van der Waals surface area contributed by atoms with Gasteiger partial charge in [-0.25, -0.2) is 0 Å². The summed E-state index contributed by atoms with van der Waals surface area (Å²) in [5, 5.41) is 0. The first-order valence-electron chi connectivity index (χ1n) is 14.3. The van der Waals surface area contributed by atoms with Crippen molar-refractivity contribution in [3.63, 3.8) is 0 Å². The summed E-state index contributed by atoms with van der Waals surface area (Å²) in [6.07, 6.45) is 4.90. The van der Waals surface area contributed by atoms with Gasteiger partial charge in [-0.05, 0) is 35.1 Å². The van der Waals surface area contributed by atoms with Crippen LogP contribution in [-0.4, -0.2) is 29.4 Å². The van der Waals surface area contributed by atoms with Crippen LogP contribution in [0.3, 0.4) is 0 Å². The summed E-state index contributed by atoms with van der Waals surface area (Å²) < 4.78 is 0. The highest BCUT2D eigenvalue weighted by molar-refractivity contribution is 6.32. The van der Waals surface area contributed by atoms with Gasteiger partial charge >= 0.3 is 0 Å². The average Bonchev–Trinajstić information content (AvgIpc) is 3.43. The van der Waals surface area contributed by atoms with Crippen LogP contribution in [0.1, 0.15) is 67.5 Å². The summed E-state index contributed by atoms with van der Waals surface area (Å²) in [6.45, 7) is 4.35. The molecule has 4 aromatic rings. The lowest BCUT2D eigenvalue weighted by Crippen LogP contribution is -2.48. The van der Waals surface area contributed by atoms with E-state index in [4.69, 9.17) is 0 Å². The lowest BCUT2D eigenvalue weighted by Gasteiger charge is -2.37. The van der Waals surface area contributed by atoms with Gasteiger partial charge in [0.05, 0.1) is 6.04 Å². The van der Waals surface area contributed by atoms with Crippen LogP contribution < -0.4 is 4.90 Å². The average molecular weight is 538 g/mol. The maximum absolute atomic E-state index is 14.8. The number of hydrogen-bond donors (Lipinski definition) is 0. The second-order valence-electron chi connectivity index (χ2n) is 11.8. The van der Waals surface area contributed by atoms with Crippen LogP contribution in [0.15, 0.2) is 109 Å². The molecule has 7 rings (SSSR count). The van der Waals surface area contributed by atoms with E-state index < -0.39 is 23.4 Å². The van der Waals surface area contributed by atoms with Crippen molar-refractivity contribution >= 4 is 29.1 Å². The number of anilines is 1. The molecule has 0 radical (unpaired) electrons. The summed E-state index contributed by atoms with van der Waals surface area (Å²) in [6, 6.07) is 31.2. The van der Waals surface area contributed by atoms with Crippen LogP contribution in [-0.2, 0) is 6.42 Å². The van der Waals surface area contributed by atoms with E-state index in [9.17, 15) is 14.4 Å². The Morgan fingerprint density at radius 2 is 1.39 bits per heavy atom. The van der Waals surface area contributed by atoms with Crippen molar-refractivity contribution in [1.82, 2.24) is 0 Å². The molecule has 0 N–H and O–H groups in total. The number of hydrogen-bond acceptors (Lipinski definition) is 4. The number of carbonyl (C=O) groups is 3. The van der Waals surface area contributed by atoms with E-state index in [0.717, 1.165) is 23.2 Å². The molecule has 4 aromatic carbocycles. The van der Waals surface area contributed by atoms with Gasteiger partial charge in [-0.3, -0.25) is 14.4 Å². The van der Waals surface area contributed by atoms with Gasteiger partial charge in [-0.2, -0.15) is 0 Å². The zero-order chi connectivity index (χ0) is 28.3. The van der Waals surface area contributed by atoms with Crippen LogP contribution >= 0.6 is 0 Å². The van der Waals surface area contributed by atoms with E-state index in [0.29, 0.717) is 22.6 Å². The summed E-state index contributed by atoms with van der Waals surface area (Å²) in [7, 11) is 0. The van der Waals surface area contributed by atoms with Crippen molar-refractivity contribution in [1.29, 1.82) is 0 Å². The fraction of sp³-hybridized carbons (Fsp3) is 0.216. The van der Waals surface area contributed by atoms with Crippen molar-refractivity contribution < 1.29 is 14.4 Å². The van der Waals surface area contributed by atoms with Gasteiger partial charge in [-0.1, -0.05) is 123 Å². The SMILES string of the molecule is CC(C)Cc1ccc(C(=O)[C@H]2[C@H](c3ccccc3)C3(C(=O)c4ccccc4C3=O)C3C=Cc4ccccc4N32)cc1. The van der Waals surface area contributed by atoms with Crippen molar-refractivity contribution in [2.24, 2.45) is 11.3 Å². The summed E-state index contributed by atoms with van der Waals surface area (Å²) >= 11 is 0. The Morgan fingerprint density at radius 1 is 0.780 bits per heavy atom. The first kappa shape index (κ1) is 25.4. The van der Waals surface area contributed by atoms with E-state index in [1.807, 2.05) is 91.0 Å². The smallest absolute Gasteiger partial charge is 0.185 e. The third-order valence-electron chi connectivity index (χ3n) is 9.02. The number of nitrogens with zero attached hydrogens (tertiary/aromatic N) is 1. The highest BCUT2D eigenvalue weighted by atomic mass is 16.2. The molecule has 2 heterocycles. The molecule has 1 fully saturated rings. The Labute approximate surface area is 240 Å². The molecule has 202 valence electrons. The fourth-order valence-corrected chi connectivity index (χ4v) is 7.40. The molecular weight excluding hydrogens is 506 g/mol. The highest BCUT2D eigenvalue weighted by Gasteiger charge is 2.71. The summed E-state index contributed by atoms with van der Waals surface area (Å²) in [4.78, 5) is 46.1. The Hall–Kier alpha value is -4.57. The van der Waals surface area contributed by atoms with Gasteiger partial charge in [0.15, 0.2) is 17.3 Å². The molecule has 2 aliphatic heterocycles. The Bertz CT molecular complexity index is 1680. The fourth-order valence-electron chi connectivity index (χ4n) is 7.40. The number of rotatable bonds is 5. The minimum Gasteiger partial charge on any atom is -0.352 e. The van der Waals surface area contributed by atoms with E-state index in [-0.39, 0.29) is 17.3 Å². The topological polar surface area (TPSA) is 54.5 Å². The molecule has 1 spiro atoms. The Balaban J connectivity index is 1.47. The maximum Gasteiger partial charge on any atom is 0.185 e. The van der Waals surface area contributed by atoms with Crippen molar-refractivity contribution in [2.75, 3.05) is 4.90 Å². The van der Waals surface area contributed by atoms with Gasteiger partial charge in [0.2, 0.25) is 0 Å². The van der Waals surface area contributed by atoms with Gasteiger partial charge in [0, 0.05) is 28.3 Å². The number of fused-ring (bicyclic) bond motifs is 5. The molecule has 3 aliphatic rings. The molecule has 4 nitrogen and oxygen atoms in total. The summed E-state index contributed by atoms with van der Waals surface area (Å²) in [5.41, 5.74) is 3.83. The first-order chi connectivity index (χ1) is 19.9. The van der Waals surface area contributed by atoms with E-state index in [2.05, 4.69) is 18.7 Å². The second kappa shape index (κ2) is 9.52. The van der Waals surface area contributed by atoms with Crippen LogP contribution in [0, 0.1) is 11.3 Å². The van der Waals surface area contributed by atoms with Crippen molar-refractivity contribution in [3.8, 4) is 0 Å². The molecule has 0 amide bonds. The molecule has 4 heteroatoms. The van der Waals surface area contributed by atoms with Crippen LogP contribution in [0.4, 0.5) is 5.69 Å². The normalized spacial score (nSPS) is 21.7. The quantitative estimate of drug-likeness (QED) is 0.200. The number of carbonyl (C=O) groups excluding carboxylic acids is 3. The zero-order valence-corrected chi connectivity index (χ0v) is 23.2. The van der Waals surface area contributed by atoms with Gasteiger partial charge < -0.3 is 4.90 Å². The standard InChI is InChI=1S/C37H31NO3/c1-23(2)22-24-16-18-27(19-17-24)34(39)33-32(26-11-4-3-5-12-26)37(35(40)28-13-7-8-14-29(28)36(37)41)31-21-20-25-10-6-9-15-30(25)38(31)33/h3-21,23,31-33H,22H2,1-2H3/t31?,32-,33+/m0/s1. The molecule has 0 saturated carbocycles. The molecule has 1 aliphatic carbocycles. The number of benzene rings is 4. The number of Topliss-reactive ketones (excluding diaryl/α,β-unsaturated/α-hetero) is 3. The third-order valence-corrected chi connectivity index (χ3v) is 9.02. The molecule has 3 atom stereocenters. The Kier molecular flexibility index (Phi) is 5.90. The predicted octanol–water partition coefficient (Wildman–Crippen LogP) is 7.20. The maximum atomic E-state index is 14.8. The minimum atomic E-state index is -1.47. The van der Waals surface area contributed by atoms with E-state index >= 15 is 0 Å². The highest BCUT2D eigenvalue weighted by Crippen LogP contribution is 2.60. The number of ketones is 3. The predicted molar refractivity (Wildman–Crippen MR) is 162 cm³/mol. The lowest BCUT2D eigenvalue weighted by molar-refractivity contribution is 0.0666. The lowest BCUT2D eigenvalue weighted by atomic mass is 9.64. The monoisotopic (exact) mass is 537 g/mol. The molecule has 0 aromatic heterocycles. The first-order valence-corrected chi connectivity index (χ1v) is 14.3. The molecular formula is C37H31NO3. The van der Waals surface area contributed by atoms with Gasteiger partial charge in [0.1, 0.15) is 11.5 Å². The van der Waals surface area contributed by atoms with E-state index in [1.165, 1.54) is 5.56 Å². The molecule has 1 saturated heterocycles. The molecule has 41 heavy (non-hydrogen) atoms. The molecule has 0 bridgehead atoms. The second-order valence-corrected chi connectivity index (χ2v) is 11.8. The van der Waals surface area contributed by atoms with Crippen LogP contribution in [0.5, 0.6) is 0 Å². The third kappa shape index (κ3) is 3.63. The van der Waals surface area contributed by atoms with Crippen molar-refractivity contribution in [3.05, 3.63) is 143 Å². The van der Waals surface area contributed by atoms with E-state index in [1.54, 1.807) is 24.3 Å². The summed E-state index contributed by atoms with van der Waals surface area (Å²) in [5.74, 6) is -0.660. The molecule has 1 unspecified atom stereocenters. The minimum absolute atomic E-state index is 0.0847. The number of para-hydroxylation sites is 1. The Morgan fingerprint density at radius 3 is 2.05 bits per heavy atom. The van der Waals surface area contributed by atoms with Crippen LogP contribution in [0.25, 0.3) is 6.08 Å². The van der Waals surface area contributed by atoms with Crippen LogP contribution in [0.2, 0.25) is 0 Å². The largest absolute Gasteiger partial charge is 0.352 e. The van der Waals surface area contributed by atoms with Gasteiger partial charge in [0.25, 0.3) is 0 Å². The zero-order valence-electron chi connectivity index (χ0n) is 23.2.